The quantitative estimate of drug-likeness (QED) is 0.852. The van der Waals surface area contributed by atoms with Gasteiger partial charge in [-0.3, -0.25) is 4.79 Å². The number of amides is 1. The van der Waals surface area contributed by atoms with Crippen molar-refractivity contribution in [3.8, 4) is 0 Å². The largest absolute Gasteiger partial charge is 0.385 e. The van der Waals surface area contributed by atoms with E-state index in [-0.39, 0.29) is 11.8 Å². The third-order valence-electron chi connectivity index (χ3n) is 4.33. The summed E-state index contributed by atoms with van der Waals surface area (Å²) in [6, 6.07) is 18.3. The van der Waals surface area contributed by atoms with Gasteiger partial charge in [0.2, 0.25) is 5.91 Å². The Morgan fingerprint density at radius 3 is 2.33 bits per heavy atom. The fraction of sp³-hybridized carbons (Fsp3) is 0.350. The Labute approximate surface area is 143 Å². The third-order valence-corrected chi connectivity index (χ3v) is 4.33. The fourth-order valence-electron chi connectivity index (χ4n) is 2.87. The molecule has 1 aliphatic rings. The monoisotopic (exact) mass is 324 g/mol. The van der Waals surface area contributed by atoms with Gasteiger partial charge in [-0.2, -0.15) is 0 Å². The lowest BCUT2D eigenvalue weighted by Gasteiger charge is -2.21. The number of anilines is 2. The lowest BCUT2D eigenvalue weighted by atomic mass is 9.99. The number of hydrogen-bond acceptors (Lipinski definition) is 3. The highest BCUT2D eigenvalue weighted by Crippen LogP contribution is 2.19. The lowest BCUT2D eigenvalue weighted by molar-refractivity contribution is -0.122. The van der Waals surface area contributed by atoms with Crippen LogP contribution in [0.4, 0.5) is 11.4 Å². The molecular weight excluding hydrogens is 300 g/mol. The van der Waals surface area contributed by atoms with E-state index in [2.05, 4.69) is 34.9 Å². The van der Waals surface area contributed by atoms with Crippen molar-refractivity contribution in [2.24, 2.45) is 5.92 Å². The average Bonchev–Trinajstić information content (AvgIpc) is 2.65. The van der Waals surface area contributed by atoms with Crippen molar-refractivity contribution in [2.45, 2.75) is 19.3 Å². The summed E-state index contributed by atoms with van der Waals surface area (Å²) < 4.78 is 5.30. The molecule has 0 unspecified atom stereocenters. The molecule has 1 aliphatic heterocycles. The number of carbonyl (C=O) groups excluding carboxylic acids is 1. The Kier molecular flexibility index (Phi) is 5.85. The Morgan fingerprint density at radius 2 is 1.62 bits per heavy atom. The number of carbonyl (C=O) groups is 1. The van der Waals surface area contributed by atoms with Gasteiger partial charge in [0.05, 0.1) is 0 Å². The number of benzene rings is 2. The molecule has 4 nitrogen and oxygen atoms in total. The van der Waals surface area contributed by atoms with Crippen molar-refractivity contribution < 1.29 is 9.53 Å². The van der Waals surface area contributed by atoms with Crippen molar-refractivity contribution in [2.75, 3.05) is 30.4 Å². The fourth-order valence-corrected chi connectivity index (χ4v) is 2.87. The van der Waals surface area contributed by atoms with Crippen LogP contribution in [0.5, 0.6) is 0 Å². The van der Waals surface area contributed by atoms with Gasteiger partial charge in [-0.05, 0) is 49.1 Å². The maximum Gasteiger partial charge on any atom is 0.227 e. The molecule has 1 saturated heterocycles. The molecule has 0 aromatic heterocycles. The molecule has 0 radical (unpaired) electrons. The van der Waals surface area contributed by atoms with E-state index in [9.17, 15) is 4.79 Å². The highest BCUT2D eigenvalue weighted by Gasteiger charge is 2.21. The average molecular weight is 324 g/mol. The normalized spacial score (nSPS) is 15.0. The zero-order chi connectivity index (χ0) is 16.6. The highest BCUT2D eigenvalue weighted by atomic mass is 16.5. The SMILES string of the molecule is O=C(Nc1ccc(NCCc2ccccc2)cc1)C1CCOCC1. The second kappa shape index (κ2) is 8.50. The summed E-state index contributed by atoms with van der Waals surface area (Å²) in [4.78, 5) is 12.2. The molecule has 4 heteroatoms. The Bertz CT molecular complexity index is 634. The summed E-state index contributed by atoms with van der Waals surface area (Å²) in [5, 5.41) is 6.41. The molecule has 126 valence electrons. The van der Waals surface area contributed by atoms with Crippen molar-refractivity contribution in [3.63, 3.8) is 0 Å². The van der Waals surface area contributed by atoms with Crippen molar-refractivity contribution in [3.05, 3.63) is 60.2 Å². The molecule has 0 aliphatic carbocycles. The first-order valence-electron chi connectivity index (χ1n) is 8.58. The summed E-state index contributed by atoms with van der Waals surface area (Å²) in [7, 11) is 0. The predicted molar refractivity (Wildman–Crippen MR) is 97.3 cm³/mol. The van der Waals surface area contributed by atoms with Crippen molar-refractivity contribution in [1.29, 1.82) is 0 Å². The van der Waals surface area contributed by atoms with Gasteiger partial charge in [-0.15, -0.1) is 0 Å². The van der Waals surface area contributed by atoms with Gasteiger partial charge in [-0.25, -0.2) is 0 Å². The summed E-state index contributed by atoms with van der Waals surface area (Å²) in [5.74, 6) is 0.172. The van der Waals surface area contributed by atoms with E-state index in [0.29, 0.717) is 13.2 Å². The molecule has 1 fully saturated rings. The minimum absolute atomic E-state index is 0.0717. The summed E-state index contributed by atoms with van der Waals surface area (Å²) in [6.07, 6.45) is 2.61. The minimum Gasteiger partial charge on any atom is -0.385 e. The van der Waals surface area contributed by atoms with Gasteiger partial charge in [0.15, 0.2) is 0 Å². The number of ether oxygens (including phenoxy) is 1. The van der Waals surface area contributed by atoms with Crippen LogP contribution in [0.1, 0.15) is 18.4 Å². The van der Waals surface area contributed by atoms with Crippen LogP contribution in [0.25, 0.3) is 0 Å². The van der Waals surface area contributed by atoms with Crippen molar-refractivity contribution in [1.82, 2.24) is 0 Å². The van der Waals surface area contributed by atoms with Gasteiger partial charge in [-0.1, -0.05) is 30.3 Å². The number of rotatable bonds is 6. The van der Waals surface area contributed by atoms with E-state index in [1.165, 1.54) is 5.56 Å². The first-order chi connectivity index (χ1) is 11.8. The second-order valence-electron chi connectivity index (χ2n) is 6.12. The third kappa shape index (κ3) is 4.83. The molecule has 1 heterocycles. The molecule has 0 atom stereocenters. The van der Waals surface area contributed by atoms with Crippen LogP contribution >= 0.6 is 0 Å². The topological polar surface area (TPSA) is 50.4 Å². The van der Waals surface area contributed by atoms with Crippen LogP contribution in [0, 0.1) is 5.92 Å². The van der Waals surface area contributed by atoms with E-state index in [0.717, 1.165) is 37.2 Å². The predicted octanol–water partition coefficient (Wildman–Crippen LogP) is 3.71. The standard InChI is InChI=1S/C20H24N2O2/c23-20(17-11-14-24-15-12-17)22-19-8-6-18(7-9-19)21-13-10-16-4-2-1-3-5-16/h1-9,17,21H,10-15H2,(H,22,23). The smallest absolute Gasteiger partial charge is 0.227 e. The van der Waals surface area contributed by atoms with E-state index >= 15 is 0 Å². The van der Waals surface area contributed by atoms with E-state index in [4.69, 9.17) is 4.74 Å². The highest BCUT2D eigenvalue weighted by molar-refractivity contribution is 5.92. The second-order valence-corrected chi connectivity index (χ2v) is 6.12. The Morgan fingerprint density at radius 1 is 0.958 bits per heavy atom. The summed E-state index contributed by atoms with van der Waals surface area (Å²) in [5.41, 5.74) is 3.24. The lowest BCUT2D eigenvalue weighted by Crippen LogP contribution is -2.28. The van der Waals surface area contributed by atoms with E-state index in [1.807, 2.05) is 30.3 Å². The minimum atomic E-state index is 0.0717. The maximum absolute atomic E-state index is 12.2. The molecule has 0 saturated carbocycles. The molecule has 0 bridgehead atoms. The molecule has 24 heavy (non-hydrogen) atoms. The molecule has 1 amide bonds. The zero-order valence-corrected chi connectivity index (χ0v) is 13.8. The molecule has 3 rings (SSSR count). The molecule has 2 aromatic carbocycles. The van der Waals surface area contributed by atoms with Gasteiger partial charge < -0.3 is 15.4 Å². The van der Waals surface area contributed by atoms with Gasteiger partial charge in [0.25, 0.3) is 0 Å². The van der Waals surface area contributed by atoms with Gasteiger partial charge >= 0.3 is 0 Å². The van der Waals surface area contributed by atoms with Crippen molar-refractivity contribution >= 4 is 17.3 Å². The van der Waals surface area contributed by atoms with Gasteiger partial charge in [0, 0.05) is 37.1 Å². The Hall–Kier alpha value is -2.33. The van der Waals surface area contributed by atoms with Gasteiger partial charge in [0.1, 0.15) is 0 Å². The van der Waals surface area contributed by atoms with E-state index < -0.39 is 0 Å². The van der Waals surface area contributed by atoms with E-state index in [1.54, 1.807) is 0 Å². The van der Waals surface area contributed by atoms with Crippen LogP contribution in [-0.2, 0) is 16.0 Å². The Balaban J connectivity index is 1.45. The molecular formula is C20H24N2O2. The van der Waals surface area contributed by atoms with Crippen LogP contribution in [0.2, 0.25) is 0 Å². The molecule has 2 aromatic rings. The molecule has 2 N–H and O–H groups in total. The summed E-state index contributed by atoms with van der Waals surface area (Å²) >= 11 is 0. The van der Waals surface area contributed by atoms with Crippen LogP contribution in [-0.4, -0.2) is 25.7 Å². The first kappa shape index (κ1) is 16.5. The number of hydrogen-bond donors (Lipinski definition) is 2. The maximum atomic E-state index is 12.2. The molecule has 0 spiro atoms. The zero-order valence-electron chi connectivity index (χ0n) is 13.8. The number of nitrogens with one attached hydrogen (secondary N) is 2. The first-order valence-corrected chi connectivity index (χ1v) is 8.58. The summed E-state index contributed by atoms with van der Waals surface area (Å²) in [6.45, 7) is 2.25. The van der Waals surface area contributed by atoms with Crippen LogP contribution < -0.4 is 10.6 Å². The van der Waals surface area contributed by atoms with Crippen LogP contribution in [0.15, 0.2) is 54.6 Å². The van der Waals surface area contributed by atoms with Crippen LogP contribution in [0.3, 0.4) is 0 Å².